The highest BCUT2D eigenvalue weighted by atomic mass is 19.4. The molecule has 1 aliphatic rings. The molecule has 13 heteroatoms. The van der Waals surface area contributed by atoms with Crippen LogP contribution in [0.5, 0.6) is 0 Å². The molecule has 5 rings (SSSR count). The van der Waals surface area contributed by atoms with Crippen molar-refractivity contribution < 1.29 is 22.4 Å². The number of aromatic nitrogens is 5. The predicted octanol–water partition coefficient (Wildman–Crippen LogP) is 3.73. The second-order valence-corrected chi connectivity index (χ2v) is 8.08. The largest absolute Gasteiger partial charge is 0.434 e. The number of nitrogens with one attached hydrogen (secondary N) is 1. The summed E-state index contributed by atoms with van der Waals surface area (Å²) in [4.78, 5) is 15.8. The minimum absolute atomic E-state index is 0.0361. The summed E-state index contributed by atoms with van der Waals surface area (Å²) in [5, 5.41) is 24.2. The number of likely N-dealkylation sites (N-methyl/N-ethyl adjacent to an activating group) is 1. The molecule has 0 aliphatic carbocycles. The van der Waals surface area contributed by atoms with E-state index in [0.717, 1.165) is 12.3 Å². The Hall–Kier alpha value is -4.99. The Kier molecular flexibility index (Phi) is 5.71. The SMILES string of the molecule is CN1CC(NC(=O)c2cnn(-c3ccc(F)c4ccccc34)c2C(F)(F)F)=CC(C#N)=C1n1nccn1. The molecule has 2 aromatic carbocycles. The van der Waals surface area contributed by atoms with E-state index in [1.165, 1.54) is 41.5 Å². The first kappa shape index (κ1) is 23.7. The van der Waals surface area contributed by atoms with Crippen molar-refractivity contribution in [1.82, 2.24) is 35.0 Å². The number of carbonyl (C=O) groups excluding carboxylic acids is 1. The van der Waals surface area contributed by atoms with Crippen LogP contribution in [0.4, 0.5) is 17.6 Å². The zero-order valence-electron chi connectivity index (χ0n) is 19.0. The highest BCUT2D eigenvalue weighted by molar-refractivity contribution is 5.97. The van der Waals surface area contributed by atoms with E-state index < -0.39 is 29.2 Å². The zero-order valence-corrected chi connectivity index (χ0v) is 19.0. The fraction of sp³-hybridized carbons (Fsp3) is 0.125. The van der Waals surface area contributed by atoms with E-state index in [2.05, 4.69) is 20.6 Å². The van der Waals surface area contributed by atoms with Crippen molar-refractivity contribution in [2.24, 2.45) is 0 Å². The van der Waals surface area contributed by atoms with Crippen LogP contribution < -0.4 is 5.32 Å². The molecule has 0 saturated carbocycles. The van der Waals surface area contributed by atoms with E-state index in [4.69, 9.17) is 0 Å². The summed E-state index contributed by atoms with van der Waals surface area (Å²) >= 11 is 0. The van der Waals surface area contributed by atoms with Crippen LogP contribution in [0, 0.1) is 17.1 Å². The molecule has 2 aromatic heterocycles. The lowest BCUT2D eigenvalue weighted by Gasteiger charge is -2.27. The maximum absolute atomic E-state index is 14.3. The van der Waals surface area contributed by atoms with Gasteiger partial charge in [-0.15, -0.1) is 4.80 Å². The number of carbonyl (C=O) groups is 1. The Morgan fingerprint density at radius 3 is 2.46 bits per heavy atom. The van der Waals surface area contributed by atoms with Crippen molar-refractivity contribution in [3.8, 4) is 11.8 Å². The van der Waals surface area contributed by atoms with E-state index in [9.17, 15) is 27.6 Å². The van der Waals surface area contributed by atoms with Gasteiger partial charge in [0, 0.05) is 23.5 Å². The van der Waals surface area contributed by atoms with Gasteiger partial charge < -0.3 is 10.2 Å². The summed E-state index contributed by atoms with van der Waals surface area (Å²) in [6, 6.07) is 10.2. The Bertz CT molecular complexity index is 1630. The van der Waals surface area contributed by atoms with Crippen molar-refractivity contribution in [1.29, 1.82) is 5.26 Å². The van der Waals surface area contributed by atoms with Gasteiger partial charge in [-0.25, -0.2) is 9.07 Å². The molecule has 186 valence electrons. The molecule has 0 unspecified atom stereocenters. The molecule has 0 fully saturated rings. The van der Waals surface area contributed by atoms with Crippen LogP contribution in [0.2, 0.25) is 0 Å². The maximum atomic E-state index is 14.3. The number of allylic oxidation sites excluding steroid dienone is 2. The standard InChI is InChI=1S/C24H16F4N8O/c1-34-13-15(10-14(11-29)23(34)36-30-8-9-31-36)33-22(37)18-12-32-35(21(18)24(26,27)28)20-7-6-19(25)16-4-2-3-5-17(16)20/h2-10,12H,13H2,1H3,(H,33,37). The van der Waals surface area contributed by atoms with Crippen molar-refractivity contribution in [2.45, 2.75) is 6.18 Å². The van der Waals surface area contributed by atoms with Gasteiger partial charge in [-0.05, 0) is 18.2 Å². The molecular formula is C24H16F4N8O. The Morgan fingerprint density at radius 1 is 1.08 bits per heavy atom. The van der Waals surface area contributed by atoms with Crippen molar-refractivity contribution >= 4 is 22.5 Å². The second kappa shape index (κ2) is 8.90. The predicted molar refractivity (Wildman–Crippen MR) is 123 cm³/mol. The minimum Gasteiger partial charge on any atom is -0.351 e. The second-order valence-electron chi connectivity index (χ2n) is 8.08. The molecule has 1 N–H and O–H groups in total. The molecule has 0 spiro atoms. The third-order valence-corrected chi connectivity index (χ3v) is 5.69. The fourth-order valence-corrected chi connectivity index (χ4v) is 4.18. The van der Waals surface area contributed by atoms with Crippen LogP contribution in [-0.4, -0.2) is 49.2 Å². The van der Waals surface area contributed by atoms with Crippen molar-refractivity contribution in [2.75, 3.05) is 13.6 Å². The van der Waals surface area contributed by atoms with Gasteiger partial charge in [0.25, 0.3) is 5.91 Å². The van der Waals surface area contributed by atoms with Gasteiger partial charge in [0.1, 0.15) is 11.9 Å². The average molecular weight is 508 g/mol. The molecule has 1 amide bonds. The summed E-state index contributed by atoms with van der Waals surface area (Å²) < 4.78 is 57.5. The number of nitrogens with zero attached hydrogens (tertiary/aromatic N) is 7. The lowest BCUT2D eigenvalue weighted by atomic mass is 10.1. The normalized spacial score (nSPS) is 14.1. The van der Waals surface area contributed by atoms with Gasteiger partial charge in [0.15, 0.2) is 11.5 Å². The monoisotopic (exact) mass is 508 g/mol. The van der Waals surface area contributed by atoms with Crippen LogP contribution in [0.3, 0.4) is 0 Å². The van der Waals surface area contributed by atoms with Crippen molar-refractivity contribution in [3.05, 3.63) is 89.4 Å². The number of benzene rings is 2. The molecule has 0 radical (unpaired) electrons. The smallest absolute Gasteiger partial charge is 0.351 e. The minimum atomic E-state index is -4.97. The van der Waals surface area contributed by atoms with E-state index in [0.29, 0.717) is 10.5 Å². The summed E-state index contributed by atoms with van der Waals surface area (Å²) in [6.07, 6.45) is 0.0489. The number of hydrogen-bond donors (Lipinski definition) is 1. The third-order valence-electron chi connectivity index (χ3n) is 5.69. The molecule has 3 heterocycles. The van der Waals surface area contributed by atoms with Gasteiger partial charge in [-0.1, -0.05) is 24.3 Å². The number of rotatable bonds is 4. The molecule has 0 saturated heterocycles. The highest BCUT2D eigenvalue weighted by Crippen LogP contribution is 2.36. The first-order valence-corrected chi connectivity index (χ1v) is 10.8. The van der Waals surface area contributed by atoms with E-state index in [1.807, 2.05) is 6.07 Å². The topological polar surface area (TPSA) is 105 Å². The van der Waals surface area contributed by atoms with Crippen LogP contribution >= 0.6 is 0 Å². The van der Waals surface area contributed by atoms with E-state index >= 15 is 0 Å². The van der Waals surface area contributed by atoms with Gasteiger partial charge in [0.2, 0.25) is 0 Å². The molecule has 4 aromatic rings. The number of fused-ring (bicyclic) bond motifs is 1. The van der Waals surface area contributed by atoms with Gasteiger partial charge in [0.05, 0.1) is 42.0 Å². The number of halogens is 4. The lowest BCUT2D eigenvalue weighted by molar-refractivity contribution is -0.143. The molecular weight excluding hydrogens is 492 g/mol. The van der Waals surface area contributed by atoms with Gasteiger partial charge in [-0.3, -0.25) is 4.79 Å². The van der Waals surface area contributed by atoms with Crippen LogP contribution in [0.1, 0.15) is 16.1 Å². The third kappa shape index (κ3) is 4.18. The summed E-state index contributed by atoms with van der Waals surface area (Å²) in [5.74, 6) is -1.32. The molecule has 0 bridgehead atoms. The number of amides is 1. The Balaban J connectivity index is 1.55. The highest BCUT2D eigenvalue weighted by Gasteiger charge is 2.41. The van der Waals surface area contributed by atoms with Crippen molar-refractivity contribution in [3.63, 3.8) is 0 Å². The van der Waals surface area contributed by atoms with Crippen LogP contribution in [-0.2, 0) is 6.18 Å². The zero-order chi connectivity index (χ0) is 26.3. The molecule has 1 aliphatic heterocycles. The summed E-state index contributed by atoms with van der Waals surface area (Å²) in [5.41, 5.74) is -1.79. The summed E-state index contributed by atoms with van der Waals surface area (Å²) in [6.45, 7) is 0.0614. The summed E-state index contributed by atoms with van der Waals surface area (Å²) in [7, 11) is 1.62. The fourth-order valence-electron chi connectivity index (χ4n) is 4.18. The van der Waals surface area contributed by atoms with Crippen LogP contribution in [0.15, 0.2) is 72.3 Å². The number of alkyl halides is 3. The quantitative estimate of drug-likeness (QED) is 0.422. The first-order valence-electron chi connectivity index (χ1n) is 10.8. The molecule has 37 heavy (non-hydrogen) atoms. The van der Waals surface area contributed by atoms with Gasteiger partial charge in [-0.2, -0.15) is 33.7 Å². The average Bonchev–Trinajstić information content (AvgIpc) is 3.54. The Labute approximate surface area is 206 Å². The van der Waals surface area contributed by atoms with Crippen LogP contribution in [0.25, 0.3) is 22.3 Å². The number of hydrogen-bond acceptors (Lipinski definition) is 6. The molecule has 9 nitrogen and oxygen atoms in total. The maximum Gasteiger partial charge on any atom is 0.434 e. The molecule has 0 atom stereocenters. The lowest BCUT2D eigenvalue weighted by Crippen LogP contribution is -2.35. The van der Waals surface area contributed by atoms with E-state index in [1.54, 1.807) is 24.1 Å². The van der Waals surface area contributed by atoms with E-state index in [-0.39, 0.29) is 34.3 Å². The first-order chi connectivity index (χ1) is 17.7. The van der Waals surface area contributed by atoms with Gasteiger partial charge >= 0.3 is 6.18 Å². The Morgan fingerprint density at radius 2 is 1.78 bits per heavy atom. The number of nitriles is 1.